The molecule has 2 heterocycles. The molecule has 162 valence electrons. The molecule has 1 amide bonds. The van der Waals surface area contributed by atoms with Gasteiger partial charge < -0.3 is 14.6 Å². The molecule has 0 spiro atoms. The summed E-state index contributed by atoms with van der Waals surface area (Å²) in [5, 5.41) is 14.5. The molecule has 1 N–H and O–H groups in total. The van der Waals surface area contributed by atoms with E-state index in [0.717, 1.165) is 11.6 Å². The molecular formula is C22H16ClN3O6. The van der Waals surface area contributed by atoms with Crippen LogP contribution in [0.4, 0.5) is 5.69 Å². The molecule has 0 fully saturated rings. The summed E-state index contributed by atoms with van der Waals surface area (Å²) in [6, 6.07) is 11.3. The first kappa shape index (κ1) is 21.3. The summed E-state index contributed by atoms with van der Waals surface area (Å²) in [7, 11) is 0. The molecule has 0 bridgehead atoms. The number of ketones is 1. The number of benzene rings is 2. The van der Waals surface area contributed by atoms with Crippen LogP contribution in [0.25, 0.3) is 10.9 Å². The maximum Gasteiger partial charge on any atom is 0.333 e. The highest BCUT2D eigenvalue weighted by Gasteiger charge is 2.28. The third kappa shape index (κ3) is 3.97. The van der Waals surface area contributed by atoms with Crippen LogP contribution in [0.5, 0.6) is 0 Å². The number of cyclic esters (lactones) is 1. The van der Waals surface area contributed by atoms with Crippen LogP contribution in [0.1, 0.15) is 21.6 Å². The van der Waals surface area contributed by atoms with E-state index >= 15 is 0 Å². The van der Waals surface area contributed by atoms with E-state index in [-0.39, 0.29) is 23.6 Å². The first-order valence-electron chi connectivity index (χ1n) is 9.49. The summed E-state index contributed by atoms with van der Waals surface area (Å²) in [4.78, 5) is 47.6. The lowest BCUT2D eigenvalue weighted by Gasteiger charge is -2.09. The lowest BCUT2D eigenvalue weighted by molar-refractivity contribution is -0.384. The first-order chi connectivity index (χ1) is 15.2. The smallest absolute Gasteiger partial charge is 0.333 e. The van der Waals surface area contributed by atoms with Gasteiger partial charge in [-0.2, -0.15) is 0 Å². The van der Waals surface area contributed by atoms with Gasteiger partial charge in [-0.05, 0) is 30.7 Å². The zero-order valence-corrected chi connectivity index (χ0v) is 17.5. The van der Waals surface area contributed by atoms with Crippen molar-refractivity contribution < 1.29 is 24.0 Å². The number of rotatable bonds is 6. The lowest BCUT2D eigenvalue weighted by Crippen LogP contribution is -2.31. The monoisotopic (exact) mass is 453 g/mol. The van der Waals surface area contributed by atoms with Gasteiger partial charge in [0.05, 0.1) is 16.2 Å². The van der Waals surface area contributed by atoms with Crippen molar-refractivity contribution in [3.05, 3.63) is 86.2 Å². The van der Waals surface area contributed by atoms with Gasteiger partial charge in [0.25, 0.3) is 17.4 Å². The Morgan fingerprint density at radius 2 is 1.94 bits per heavy atom. The average molecular weight is 454 g/mol. The van der Waals surface area contributed by atoms with E-state index in [9.17, 15) is 24.5 Å². The third-order valence-electron chi connectivity index (χ3n) is 5.14. The van der Waals surface area contributed by atoms with E-state index in [1.807, 2.05) is 16.7 Å². The molecule has 9 nitrogen and oxygen atoms in total. The number of nitro benzene ring substituents is 1. The van der Waals surface area contributed by atoms with Gasteiger partial charge >= 0.3 is 5.97 Å². The van der Waals surface area contributed by atoms with Crippen molar-refractivity contribution >= 4 is 45.9 Å². The highest BCUT2D eigenvalue weighted by molar-refractivity contribution is 6.45. The Morgan fingerprint density at radius 3 is 2.56 bits per heavy atom. The Kier molecular flexibility index (Phi) is 5.50. The van der Waals surface area contributed by atoms with Crippen LogP contribution in [0.15, 0.2) is 54.2 Å². The molecule has 1 aliphatic heterocycles. The van der Waals surface area contributed by atoms with Crippen molar-refractivity contribution in [1.82, 2.24) is 9.88 Å². The molecular weight excluding hydrogens is 438 g/mol. The van der Waals surface area contributed by atoms with Crippen LogP contribution in [0.2, 0.25) is 5.02 Å². The van der Waals surface area contributed by atoms with E-state index in [2.05, 4.69) is 5.32 Å². The first-order valence-corrected chi connectivity index (χ1v) is 9.87. The fraction of sp³-hybridized carbons (Fsp3) is 0.136. The normalized spacial score (nSPS) is 13.1. The van der Waals surface area contributed by atoms with Crippen LogP contribution < -0.4 is 5.32 Å². The van der Waals surface area contributed by atoms with Gasteiger partial charge in [0.15, 0.2) is 0 Å². The number of nitrogens with zero attached hydrogens (tertiary/aromatic N) is 2. The molecule has 1 aliphatic rings. The fourth-order valence-corrected chi connectivity index (χ4v) is 3.74. The summed E-state index contributed by atoms with van der Waals surface area (Å²) < 4.78 is 6.53. The number of hydrogen-bond acceptors (Lipinski definition) is 6. The quantitative estimate of drug-likeness (QED) is 0.201. The van der Waals surface area contributed by atoms with Crippen LogP contribution in [-0.2, 0) is 20.9 Å². The second-order valence-electron chi connectivity index (χ2n) is 7.19. The number of fused-ring (bicyclic) bond motifs is 1. The number of hydrogen-bond donors (Lipinski definition) is 1. The van der Waals surface area contributed by atoms with Gasteiger partial charge in [-0.1, -0.05) is 23.7 Å². The van der Waals surface area contributed by atoms with Crippen molar-refractivity contribution in [3.8, 4) is 0 Å². The molecule has 0 saturated heterocycles. The maximum atomic E-state index is 13.1. The molecule has 2 aromatic carbocycles. The summed E-state index contributed by atoms with van der Waals surface area (Å²) in [5.74, 6) is -2.45. The van der Waals surface area contributed by atoms with Gasteiger partial charge in [-0.15, -0.1) is 0 Å². The number of nitrogens with one attached hydrogen (secondary N) is 1. The fourth-order valence-electron chi connectivity index (χ4n) is 3.61. The van der Waals surface area contributed by atoms with E-state index in [1.165, 1.54) is 12.1 Å². The van der Waals surface area contributed by atoms with Crippen LogP contribution in [-0.4, -0.2) is 33.8 Å². The number of nitro groups is 1. The number of ether oxygens (including phenoxy) is 1. The van der Waals surface area contributed by atoms with E-state index in [4.69, 9.17) is 16.3 Å². The van der Waals surface area contributed by atoms with Crippen molar-refractivity contribution in [2.75, 3.05) is 6.61 Å². The van der Waals surface area contributed by atoms with Gasteiger partial charge in [0.2, 0.25) is 0 Å². The Morgan fingerprint density at radius 1 is 1.22 bits per heavy atom. The average Bonchev–Trinajstić information content (AvgIpc) is 3.29. The van der Waals surface area contributed by atoms with Gasteiger partial charge in [0, 0.05) is 46.4 Å². The number of aromatic nitrogens is 1. The molecule has 0 aliphatic carbocycles. The maximum absolute atomic E-state index is 13.1. The Labute approximate surface area is 186 Å². The molecule has 4 rings (SSSR count). The van der Waals surface area contributed by atoms with Gasteiger partial charge in [-0.25, -0.2) is 4.79 Å². The largest absolute Gasteiger partial charge is 0.456 e. The highest BCUT2D eigenvalue weighted by atomic mass is 35.5. The van der Waals surface area contributed by atoms with Crippen molar-refractivity contribution in [2.24, 2.45) is 0 Å². The van der Waals surface area contributed by atoms with Crippen LogP contribution in [0, 0.1) is 17.0 Å². The second kappa shape index (κ2) is 8.27. The second-order valence-corrected chi connectivity index (χ2v) is 7.63. The van der Waals surface area contributed by atoms with Gasteiger partial charge in [0.1, 0.15) is 6.61 Å². The zero-order chi connectivity index (χ0) is 23.0. The Balaban J connectivity index is 1.79. The predicted molar refractivity (Wildman–Crippen MR) is 115 cm³/mol. The number of carbonyl (C=O) groups is 3. The standard InChI is InChI=1S/C22H16ClN3O6/c1-12-20(21(28)22(29)24-15-8-19(27)32-11-15)17-9-16(26(30)31)6-7-18(17)25(12)10-13-2-4-14(23)5-3-13/h2-9H,10-11H2,1H3,(H,24,29). The zero-order valence-electron chi connectivity index (χ0n) is 16.8. The van der Waals surface area contributed by atoms with E-state index < -0.39 is 22.6 Å². The summed E-state index contributed by atoms with van der Waals surface area (Å²) in [5.41, 5.74) is 1.96. The summed E-state index contributed by atoms with van der Waals surface area (Å²) >= 11 is 5.95. The highest BCUT2D eigenvalue weighted by Crippen LogP contribution is 2.31. The number of halogens is 1. The molecule has 0 unspecified atom stereocenters. The molecule has 3 aromatic rings. The van der Waals surface area contributed by atoms with Crippen molar-refractivity contribution in [3.63, 3.8) is 0 Å². The topological polar surface area (TPSA) is 121 Å². The van der Waals surface area contributed by atoms with Crippen molar-refractivity contribution in [2.45, 2.75) is 13.5 Å². The molecule has 0 saturated carbocycles. The lowest BCUT2D eigenvalue weighted by atomic mass is 10.1. The number of non-ortho nitro benzene ring substituents is 1. The number of esters is 1. The Hall–Kier alpha value is -3.98. The van der Waals surface area contributed by atoms with Crippen LogP contribution >= 0.6 is 11.6 Å². The molecule has 10 heteroatoms. The molecule has 1 aromatic heterocycles. The molecule has 32 heavy (non-hydrogen) atoms. The summed E-state index contributed by atoms with van der Waals surface area (Å²) in [6.07, 6.45) is 1.09. The van der Waals surface area contributed by atoms with Crippen molar-refractivity contribution in [1.29, 1.82) is 0 Å². The Bertz CT molecular complexity index is 1320. The number of carbonyl (C=O) groups excluding carboxylic acids is 3. The van der Waals surface area contributed by atoms with E-state index in [1.54, 1.807) is 25.1 Å². The molecule has 0 atom stereocenters. The van der Waals surface area contributed by atoms with E-state index in [0.29, 0.717) is 28.2 Å². The van der Waals surface area contributed by atoms with Crippen LogP contribution in [0.3, 0.4) is 0 Å². The SMILES string of the molecule is Cc1c(C(=O)C(=O)NC2=CC(=O)OC2)c2cc([N+](=O)[O-])ccc2n1Cc1ccc(Cl)cc1. The van der Waals surface area contributed by atoms with Gasteiger partial charge in [-0.3, -0.25) is 19.7 Å². The number of Topliss-reactive ketones (excluding diaryl/α,β-unsaturated/α-hetero) is 1. The number of amides is 1. The minimum absolute atomic E-state index is 0.0565. The third-order valence-corrected chi connectivity index (χ3v) is 5.39. The summed E-state index contributed by atoms with van der Waals surface area (Å²) in [6.45, 7) is 1.89. The minimum atomic E-state index is -0.963. The molecule has 0 radical (unpaired) electrons. The minimum Gasteiger partial charge on any atom is -0.456 e. The predicted octanol–water partition coefficient (Wildman–Crippen LogP) is 3.30.